The van der Waals surface area contributed by atoms with Crippen LogP contribution in [0.1, 0.15) is 49.9 Å². The first-order valence-electron chi connectivity index (χ1n) is 14.5. The third kappa shape index (κ3) is 2.73. The molecular weight excluding hydrogens is 503 g/mol. The molecule has 41 heavy (non-hydrogen) atoms. The highest BCUT2D eigenvalue weighted by Crippen LogP contribution is 2.63. The van der Waals surface area contributed by atoms with E-state index in [0.717, 1.165) is 27.4 Å². The summed E-state index contributed by atoms with van der Waals surface area (Å²) in [5.41, 5.74) is 11.7. The topological polar surface area (TPSA) is 31.6 Å². The predicted octanol–water partition coefficient (Wildman–Crippen LogP) is 8.23. The minimum absolute atomic E-state index is 0.388. The molecule has 4 heteroatoms. The summed E-state index contributed by atoms with van der Waals surface area (Å²) in [5, 5.41) is 2.20. The first-order valence-corrected chi connectivity index (χ1v) is 14.5. The Kier molecular flexibility index (Phi) is 4.36. The lowest BCUT2D eigenvalue weighted by Crippen LogP contribution is -2.41. The third-order valence-corrected chi connectivity index (χ3v) is 10.2. The van der Waals surface area contributed by atoms with Crippen LogP contribution in [0.5, 0.6) is 0 Å². The number of furan rings is 1. The first-order chi connectivity index (χ1) is 19.8. The van der Waals surface area contributed by atoms with E-state index < -0.39 is 18.3 Å². The molecule has 1 aliphatic heterocycles. The van der Waals surface area contributed by atoms with Gasteiger partial charge in [-0.05, 0) is 66.6 Å². The summed E-state index contributed by atoms with van der Waals surface area (Å²) >= 11 is 0. The standard InChI is InChI=1S/C37H29BO3/c1-35(2)36(3,4)41-38(40-35)31-19-11-15-24-25-20-21-30-32(34(25)39-33(24)31)26-14-7-10-18-29(26)37(30)27-16-8-5-12-22(27)23-13-6-9-17-28(23)37/h5-21H,1-4H3. The summed E-state index contributed by atoms with van der Waals surface area (Å²) in [6.45, 7) is 8.36. The molecule has 0 bridgehead atoms. The fraction of sp³-hybridized carbons (Fsp3) is 0.189. The molecule has 9 rings (SSSR count). The second-order valence-corrected chi connectivity index (χ2v) is 12.7. The number of rotatable bonds is 1. The molecule has 5 aromatic carbocycles. The van der Waals surface area contributed by atoms with E-state index in [1.165, 1.54) is 44.5 Å². The van der Waals surface area contributed by atoms with E-state index in [1.54, 1.807) is 0 Å². The zero-order valence-electron chi connectivity index (χ0n) is 23.6. The van der Waals surface area contributed by atoms with E-state index >= 15 is 0 Å². The molecule has 0 saturated carbocycles. The van der Waals surface area contributed by atoms with Crippen molar-refractivity contribution in [3.8, 4) is 22.3 Å². The number of fused-ring (bicyclic) bond motifs is 14. The van der Waals surface area contributed by atoms with Gasteiger partial charge in [-0.15, -0.1) is 0 Å². The normalized spacial score (nSPS) is 18.6. The largest absolute Gasteiger partial charge is 0.498 e. The molecule has 0 atom stereocenters. The molecule has 1 aromatic heterocycles. The van der Waals surface area contributed by atoms with Gasteiger partial charge in [-0.25, -0.2) is 0 Å². The van der Waals surface area contributed by atoms with Crippen LogP contribution in [-0.4, -0.2) is 18.3 Å². The third-order valence-electron chi connectivity index (χ3n) is 10.2. The lowest BCUT2D eigenvalue weighted by molar-refractivity contribution is 0.00578. The minimum atomic E-state index is -0.496. The van der Waals surface area contributed by atoms with Crippen molar-refractivity contribution in [2.24, 2.45) is 0 Å². The molecule has 0 radical (unpaired) electrons. The van der Waals surface area contributed by atoms with Gasteiger partial charge in [0.1, 0.15) is 11.2 Å². The summed E-state index contributed by atoms with van der Waals surface area (Å²) in [4.78, 5) is 0. The van der Waals surface area contributed by atoms with Gasteiger partial charge in [-0.2, -0.15) is 0 Å². The second-order valence-electron chi connectivity index (χ2n) is 12.7. The van der Waals surface area contributed by atoms with E-state index in [0.29, 0.717) is 0 Å². The van der Waals surface area contributed by atoms with Crippen LogP contribution < -0.4 is 5.46 Å². The molecule has 1 spiro atoms. The average molecular weight is 532 g/mol. The highest BCUT2D eigenvalue weighted by Gasteiger charge is 2.54. The monoisotopic (exact) mass is 532 g/mol. The number of hydrogen-bond acceptors (Lipinski definition) is 3. The molecular formula is C37H29BO3. The molecule has 198 valence electrons. The maximum absolute atomic E-state index is 6.95. The number of para-hydroxylation sites is 1. The number of benzene rings is 5. The van der Waals surface area contributed by atoms with E-state index in [-0.39, 0.29) is 5.41 Å². The zero-order valence-corrected chi connectivity index (χ0v) is 23.6. The molecule has 3 aliphatic rings. The van der Waals surface area contributed by atoms with Crippen molar-refractivity contribution in [1.82, 2.24) is 0 Å². The Morgan fingerprint density at radius 1 is 0.488 bits per heavy atom. The van der Waals surface area contributed by atoms with Crippen LogP contribution in [0.4, 0.5) is 0 Å². The Bertz CT molecular complexity index is 2020. The molecule has 0 N–H and O–H groups in total. The summed E-state index contributed by atoms with van der Waals surface area (Å²) in [6.07, 6.45) is 0. The van der Waals surface area contributed by atoms with Gasteiger partial charge < -0.3 is 13.7 Å². The molecule has 1 saturated heterocycles. The van der Waals surface area contributed by atoms with Crippen molar-refractivity contribution in [2.45, 2.75) is 44.3 Å². The SMILES string of the molecule is CC1(C)OB(c2cccc3c2oc2c4c(ccc23)C2(c3ccccc3-c3ccccc32)c2ccccc2-4)OC1(C)C. The van der Waals surface area contributed by atoms with Crippen LogP contribution in [0, 0.1) is 0 Å². The summed E-state index contributed by atoms with van der Waals surface area (Å²) in [7, 11) is -0.496. The van der Waals surface area contributed by atoms with Gasteiger partial charge in [-0.3, -0.25) is 0 Å². The molecule has 6 aromatic rings. The highest BCUT2D eigenvalue weighted by atomic mass is 16.7. The molecule has 0 amide bonds. The van der Waals surface area contributed by atoms with Crippen LogP contribution in [0.2, 0.25) is 0 Å². The molecule has 3 nitrogen and oxygen atoms in total. The first kappa shape index (κ1) is 23.6. The maximum atomic E-state index is 6.95. The van der Waals surface area contributed by atoms with Crippen LogP contribution in [0.15, 0.2) is 108 Å². The zero-order chi connectivity index (χ0) is 27.7. The van der Waals surface area contributed by atoms with Gasteiger partial charge in [0.15, 0.2) is 0 Å². The van der Waals surface area contributed by atoms with Gasteiger partial charge in [0.05, 0.1) is 16.6 Å². The van der Waals surface area contributed by atoms with Crippen LogP contribution in [0.25, 0.3) is 44.2 Å². The summed E-state index contributed by atoms with van der Waals surface area (Å²) in [5.74, 6) is 0. The van der Waals surface area contributed by atoms with Crippen LogP contribution >= 0.6 is 0 Å². The quantitative estimate of drug-likeness (QED) is 0.200. The molecule has 0 unspecified atom stereocenters. The van der Waals surface area contributed by atoms with E-state index in [2.05, 4.69) is 131 Å². The van der Waals surface area contributed by atoms with Gasteiger partial charge in [0.2, 0.25) is 0 Å². The van der Waals surface area contributed by atoms with Crippen LogP contribution in [-0.2, 0) is 14.7 Å². The summed E-state index contributed by atoms with van der Waals surface area (Å²) in [6, 6.07) is 37.6. The average Bonchev–Trinajstić information content (AvgIpc) is 3.65. The summed E-state index contributed by atoms with van der Waals surface area (Å²) < 4.78 is 19.9. The molecule has 2 aliphatic carbocycles. The van der Waals surface area contributed by atoms with Crippen molar-refractivity contribution in [3.63, 3.8) is 0 Å². The fourth-order valence-corrected chi connectivity index (χ4v) is 7.61. The Morgan fingerprint density at radius 3 is 1.66 bits per heavy atom. The van der Waals surface area contributed by atoms with Gasteiger partial charge in [-0.1, -0.05) is 103 Å². The van der Waals surface area contributed by atoms with Crippen LogP contribution in [0.3, 0.4) is 0 Å². The smallest absolute Gasteiger partial charge is 0.456 e. The second kappa shape index (κ2) is 7.58. The highest BCUT2D eigenvalue weighted by molar-refractivity contribution is 6.65. The van der Waals surface area contributed by atoms with E-state index in [1.807, 2.05) is 0 Å². The van der Waals surface area contributed by atoms with Crippen molar-refractivity contribution in [1.29, 1.82) is 0 Å². The Balaban J connectivity index is 1.37. The fourth-order valence-electron chi connectivity index (χ4n) is 7.61. The molecule has 1 fully saturated rings. The van der Waals surface area contributed by atoms with Crippen molar-refractivity contribution in [3.05, 3.63) is 125 Å². The van der Waals surface area contributed by atoms with Crippen molar-refractivity contribution < 1.29 is 13.7 Å². The van der Waals surface area contributed by atoms with Gasteiger partial charge in [0.25, 0.3) is 0 Å². The van der Waals surface area contributed by atoms with E-state index in [4.69, 9.17) is 13.7 Å². The lowest BCUT2D eigenvalue weighted by Gasteiger charge is -2.32. The van der Waals surface area contributed by atoms with Crippen molar-refractivity contribution in [2.75, 3.05) is 0 Å². The van der Waals surface area contributed by atoms with Gasteiger partial charge in [0, 0.05) is 21.8 Å². The number of hydrogen-bond donors (Lipinski definition) is 0. The van der Waals surface area contributed by atoms with Crippen molar-refractivity contribution >= 4 is 34.5 Å². The van der Waals surface area contributed by atoms with E-state index in [9.17, 15) is 0 Å². The Hall–Kier alpha value is -4.12. The molecule has 2 heterocycles. The maximum Gasteiger partial charge on any atom is 0.498 e. The Labute approximate surface area is 239 Å². The Morgan fingerprint density at radius 2 is 1.02 bits per heavy atom. The minimum Gasteiger partial charge on any atom is -0.456 e. The predicted molar refractivity (Wildman–Crippen MR) is 166 cm³/mol. The lowest BCUT2D eigenvalue weighted by atomic mass is 9.70. The van der Waals surface area contributed by atoms with Gasteiger partial charge >= 0.3 is 7.12 Å².